The first-order valence-electron chi connectivity index (χ1n) is 14.3. The van der Waals surface area contributed by atoms with Crippen LogP contribution in [0.3, 0.4) is 0 Å². The SMILES string of the molecule is [C-]#[N+]c1ccccc1-c1ccc2c3ccc(-c4ccccc4C#N)cc3n(-c3ccc(-c4nc(C)nc(C)n4)c(C#N)c3)c2c1. The number of hydrogen-bond acceptors (Lipinski definition) is 5. The van der Waals surface area contributed by atoms with Crippen LogP contribution in [0.1, 0.15) is 22.8 Å². The summed E-state index contributed by atoms with van der Waals surface area (Å²) in [5, 5.41) is 22.1. The molecule has 45 heavy (non-hydrogen) atoms. The molecule has 0 bridgehead atoms. The lowest BCUT2D eigenvalue weighted by molar-refractivity contribution is 0.928. The Morgan fingerprint density at radius 3 is 1.87 bits per heavy atom. The summed E-state index contributed by atoms with van der Waals surface area (Å²) in [6.45, 7) is 11.3. The van der Waals surface area contributed by atoms with Gasteiger partial charge in [-0.05, 0) is 72.5 Å². The summed E-state index contributed by atoms with van der Waals surface area (Å²) in [5.41, 5.74) is 8.41. The number of aromatic nitrogens is 4. The molecule has 0 radical (unpaired) electrons. The van der Waals surface area contributed by atoms with Crippen LogP contribution >= 0.6 is 0 Å². The summed E-state index contributed by atoms with van der Waals surface area (Å²) in [5.74, 6) is 1.63. The zero-order chi connectivity index (χ0) is 31.1. The van der Waals surface area contributed by atoms with Gasteiger partial charge in [0.05, 0.1) is 40.9 Å². The minimum Gasteiger partial charge on any atom is -0.309 e. The minimum atomic E-state index is 0.438. The Hall–Kier alpha value is -6.62. The summed E-state index contributed by atoms with van der Waals surface area (Å²) in [4.78, 5) is 17.0. The van der Waals surface area contributed by atoms with Gasteiger partial charge in [0, 0.05) is 22.0 Å². The molecule has 7 nitrogen and oxygen atoms in total. The van der Waals surface area contributed by atoms with Crippen molar-refractivity contribution < 1.29 is 0 Å². The van der Waals surface area contributed by atoms with Crippen LogP contribution in [0.4, 0.5) is 5.69 Å². The Morgan fingerprint density at radius 1 is 0.622 bits per heavy atom. The van der Waals surface area contributed by atoms with E-state index in [2.05, 4.69) is 60.8 Å². The predicted molar refractivity (Wildman–Crippen MR) is 176 cm³/mol. The van der Waals surface area contributed by atoms with Gasteiger partial charge in [0.1, 0.15) is 11.6 Å². The maximum Gasteiger partial charge on any atom is 0.194 e. The van der Waals surface area contributed by atoms with Crippen LogP contribution in [0, 0.1) is 43.1 Å². The summed E-state index contributed by atoms with van der Waals surface area (Å²) < 4.78 is 2.14. The van der Waals surface area contributed by atoms with E-state index in [1.54, 1.807) is 0 Å². The quantitative estimate of drug-likeness (QED) is 0.195. The highest BCUT2D eigenvalue weighted by Crippen LogP contribution is 2.39. The summed E-state index contributed by atoms with van der Waals surface area (Å²) >= 11 is 0. The van der Waals surface area contributed by atoms with Gasteiger partial charge in [-0.15, -0.1) is 0 Å². The molecule has 210 valence electrons. The van der Waals surface area contributed by atoms with Crippen molar-refractivity contribution in [2.45, 2.75) is 13.8 Å². The molecular weight excluding hydrogens is 554 g/mol. The van der Waals surface area contributed by atoms with Crippen molar-refractivity contribution in [3.05, 3.63) is 137 Å². The highest BCUT2D eigenvalue weighted by Gasteiger charge is 2.18. The van der Waals surface area contributed by atoms with Crippen molar-refractivity contribution in [1.29, 1.82) is 10.5 Å². The van der Waals surface area contributed by atoms with Crippen LogP contribution in [0.5, 0.6) is 0 Å². The van der Waals surface area contributed by atoms with Crippen molar-refractivity contribution >= 4 is 27.5 Å². The Morgan fingerprint density at radius 2 is 1.22 bits per heavy atom. The average molecular weight is 578 g/mol. The van der Waals surface area contributed by atoms with Crippen molar-refractivity contribution in [3.63, 3.8) is 0 Å². The topological polar surface area (TPSA) is 95.5 Å². The molecule has 0 fully saturated rings. The highest BCUT2D eigenvalue weighted by molar-refractivity contribution is 6.11. The maximum atomic E-state index is 10.3. The molecule has 0 aliphatic carbocycles. The normalized spacial score (nSPS) is 10.8. The molecule has 7 rings (SSSR count). The molecule has 0 aliphatic rings. The number of nitrogens with zero attached hydrogens (tertiary/aromatic N) is 7. The second kappa shape index (κ2) is 10.9. The molecular formula is C38H23N7. The van der Waals surface area contributed by atoms with E-state index >= 15 is 0 Å². The fraction of sp³-hybridized carbons (Fsp3) is 0.0526. The summed E-state index contributed by atoms with van der Waals surface area (Å²) in [6, 6.07) is 38.0. The molecule has 7 aromatic rings. The molecule has 0 unspecified atom stereocenters. The molecule has 0 atom stereocenters. The lowest BCUT2D eigenvalue weighted by atomic mass is 9.98. The standard InChI is InChI=1S/C38H23N7/c1-23-42-24(2)44-38(43-23)32-17-14-29(18-28(32)22-40)45-36-19-25(30-9-5-4-8-27(30)21-39)12-15-33(36)34-16-13-26(20-37(34)45)31-10-6-7-11-35(31)41-3/h4-20H,1-2H3. The fourth-order valence-corrected chi connectivity index (χ4v) is 5.97. The van der Waals surface area contributed by atoms with E-state index in [1.807, 2.05) is 92.7 Å². The minimum absolute atomic E-state index is 0.438. The molecule has 7 heteroatoms. The Bertz CT molecular complexity index is 2310. The number of benzene rings is 5. The van der Waals surface area contributed by atoms with E-state index in [0.717, 1.165) is 49.7 Å². The summed E-state index contributed by atoms with van der Waals surface area (Å²) in [7, 11) is 0. The van der Waals surface area contributed by atoms with Crippen LogP contribution in [0.15, 0.2) is 103 Å². The van der Waals surface area contributed by atoms with E-state index in [4.69, 9.17) is 6.57 Å². The molecule has 0 amide bonds. The van der Waals surface area contributed by atoms with E-state index in [9.17, 15) is 10.5 Å². The number of fused-ring (bicyclic) bond motifs is 3. The molecule has 2 heterocycles. The first-order chi connectivity index (χ1) is 22.0. The number of aryl methyl sites for hydroxylation is 2. The Balaban J connectivity index is 1.53. The lowest BCUT2D eigenvalue weighted by Gasteiger charge is -2.13. The fourth-order valence-electron chi connectivity index (χ4n) is 5.97. The van der Waals surface area contributed by atoms with Crippen molar-refractivity contribution in [2.24, 2.45) is 0 Å². The van der Waals surface area contributed by atoms with E-state index in [0.29, 0.717) is 39.9 Å². The summed E-state index contributed by atoms with van der Waals surface area (Å²) in [6.07, 6.45) is 0. The third-order valence-corrected chi connectivity index (χ3v) is 7.94. The number of nitriles is 2. The smallest absolute Gasteiger partial charge is 0.194 e. The molecule has 0 spiro atoms. The van der Waals surface area contributed by atoms with Gasteiger partial charge < -0.3 is 4.57 Å². The van der Waals surface area contributed by atoms with Crippen LogP contribution in [-0.2, 0) is 0 Å². The molecule has 0 saturated carbocycles. The van der Waals surface area contributed by atoms with Gasteiger partial charge in [-0.3, -0.25) is 0 Å². The number of para-hydroxylation sites is 1. The number of rotatable bonds is 4. The van der Waals surface area contributed by atoms with E-state index < -0.39 is 0 Å². The monoisotopic (exact) mass is 577 g/mol. The van der Waals surface area contributed by atoms with Crippen LogP contribution in [0.25, 0.3) is 66.0 Å². The van der Waals surface area contributed by atoms with Crippen LogP contribution in [0.2, 0.25) is 0 Å². The predicted octanol–water partition coefficient (Wildman–Crippen LogP) is 8.88. The van der Waals surface area contributed by atoms with Crippen molar-refractivity contribution in [1.82, 2.24) is 19.5 Å². The van der Waals surface area contributed by atoms with Gasteiger partial charge in [-0.2, -0.15) is 10.5 Å². The third-order valence-electron chi connectivity index (χ3n) is 7.94. The highest BCUT2D eigenvalue weighted by atomic mass is 15.0. The second-order valence-electron chi connectivity index (χ2n) is 10.7. The van der Waals surface area contributed by atoms with E-state index in [-0.39, 0.29) is 0 Å². The molecule has 0 saturated heterocycles. The van der Waals surface area contributed by atoms with E-state index in [1.165, 1.54) is 0 Å². The van der Waals surface area contributed by atoms with Crippen molar-refractivity contribution in [2.75, 3.05) is 0 Å². The van der Waals surface area contributed by atoms with Gasteiger partial charge in [0.25, 0.3) is 0 Å². The molecule has 0 aliphatic heterocycles. The van der Waals surface area contributed by atoms with Gasteiger partial charge in [0.15, 0.2) is 11.5 Å². The van der Waals surface area contributed by atoms with Gasteiger partial charge in [0.2, 0.25) is 0 Å². The Labute approximate surface area is 259 Å². The van der Waals surface area contributed by atoms with Crippen molar-refractivity contribution in [3.8, 4) is 51.5 Å². The Kier molecular flexibility index (Phi) is 6.59. The van der Waals surface area contributed by atoms with Gasteiger partial charge >= 0.3 is 0 Å². The molecule has 5 aromatic carbocycles. The lowest BCUT2D eigenvalue weighted by Crippen LogP contribution is -2.01. The molecule has 2 aromatic heterocycles. The first kappa shape index (κ1) is 27.2. The largest absolute Gasteiger partial charge is 0.309 e. The van der Waals surface area contributed by atoms with Crippen LogP contribution in [-0.4, -0.2) is 19.5 Å². The second-order valence-corrected chi connectivity index (χ2v) is 10.7. The third kappa shape index (κ3) is 4.64. The van der Waals surface area contributed by atoms with Gasteiger partial charge in [-0.1, -0.05) is 66.7 Å². The maximum absolute atomic E-state index is 10.3. The average Bonchev–Trinajstić information content (AvgIpc) is 3.40. The zero-order valence-corrected chi connectivity index (χ0v) is 24.4. The molecule has 0 N–H and O–H groups in total. The first-order valence-corrected chi connectivity index (χ1v) is 14.3. The zero-order valence-electron chi connectivity index (χ0n) is 24.4. The van der Waals surface area contributed by atoms with Gasteiger partial charge in [-0.25, -0.2) is 19.8 Å². The van der Waals surface area contributed by atoms with Crippen LogP contribution < -0.4 is 0 Å². The number of hydrogen-bond donors (Lipinski definition) is 0.